The van der Waals surface area contributed by atoms with Crippen LogP contribution >= 0.6 is 0 Å². The van der Waals surface area contributed by atoms with Gasteiger partial charge in [0, 0.05) is 6.92 Å². The highest BCUT2D eigenvalue weighted by Crippen LogP contribution is 2.20. The van der Waals surface area contributed by atoms with E-state index in [2.05, 4.69) is 5.16 Å². The fraction of sp³-hybridized carbons (Fsp3) is 0.667. The number of carbonyl (C=O) groups is 2. The van der Waals surface area contributed by atoms with E-state index in [0.717, 1.165) is 32.6 Å². The van der Waals surface area contributed by atoms with Crippen LogP contribution in [0.2, 0.25) is 0 Å². The number of Topliss-reactive ketones (excluding diaryl/α,β-unsaturated/α-hetero) is 1. The van der Waals surface area contributed by atoms with Gasteiger partial charge in [0.2, 0.25) is 5.71 Å². The molecule has 1 saturated carbocycles. The normalized spacial score (nSPS) is 18.2. The summed E-state index contributed by atoms with van der Waals surface area (Å²) >= 11 is 0. The molecule has 0 aromatic carbocycles. The van der Waals surface area contributed by atoms with E-state index in [4.69, 9.17) is 9.94 Å². The molecule has 1 aliphatic carbocycles. The summed E-state index contributed by atoms with van der Waals surface area (Å²) in [6, 6.07) is 0. The van der Waals surface area contributed by atoms with Crippen LogP contribution in [0.15, 0.2) is 5.16 Å². The highest BCUT2D eigenvalue weighted by molar-refractivity contribution is 6.63. The molecule has 0 radical (unpaired) electrons. The molecule has 0 spiro atoms. The van der Waals surface area contributed by atoms with Crippen molar-refractivity contribution < 1.29 is 19.5 Å². The summed E-state index contributed by atoms with van der Waals surface area (Å²) in [5, 5.41) is 12.0. The third kappa shape index (κ3) is 2.83. The van der Waals surface area contributed by atoms with E-state index >= 15 is 0 Å². The third-order valence-electron chi connectivity index (χ3n) is 2.13. The summed E-state index contributed by atoms with van der Waals surface area (Å²) in [4.78, 5) is 26.3. The number of oxime groups is 1. The first kappa shape index (κ1) is 10.7. The molecule has 0 unspecified atom stereocenters. The molecule has 0 aliphatic heterocycles. The topological polar surface area (TPSA) is 76.0 Å². The summed E-state index contributed by atoms with van der Waals surface area (Å²) in [5.74, 6) is -1.93. The van der Waals surface area contributed by atoms with E-state index < -0.39 is 17.5 Å². The first-order valence-electron chi connectivity index (χ1n) is 4.59. The number of nitrogens with zero attached hydrogens (tertiary/aromatic N) is 1. The van der Waals surface area contributed by atoms with E-state index in [9.17, 15) is 9.59 Å². The molecular weight excluding hydrogens is 186 g/mol. The van der Waals surface area contributed by atoms with Crippen molar-refractivity contribution in [2.75, 3.05) is 0 Å². The van der Waals surface area contributed by atoms with Gasteiger partial charge in [-0.3, -0.25) is 4.79 Å². The van der Waals surface area contributed by atoms with Crippen LogP contribution in [0.1, 0.15) is 32.6 Å². The Balaban J connectivity index is 2.54. The van der Waals surface area contributed by atoms with E-state index in [0.29, 0.717) is 0 Å². The SMILES string of the molecule is CC(=O)/C(=N/OC1CCCC1)C(=O)O. The molecule has 14 heavy (non-hydrogen) atoms. The predicted octanol–water partition coefficient (Wildman–Crippen LogP) is 0.975. The van der Waals surface area contributed by atoms with Crippen molar-refractivity contribution >= 4 is 17.5 Å². The number of ketones is 1. The van der Waals surface area contributed by atoms with Gasteiger partial charge in [0.05, 0.1) is 0 Å². The Labute approximate surface area is 81.7 Å². The molecule has 1 N–H and O–H groups in total. The molecule has 1 aliphatic rings. The summed E-state index contributed by atoms with van der Waals surface area (Å²) in [7, 11) is 0. The van der Waals surface area contributed by atoms with Crippen molar-refractivity contribution in [1.29, 1.82) is 0 Å². The first-order chi connectivity index (χ1) is 6.61. The lowest BCUT2D eigenvalue weighted by atomic mass is 10.3. The molecule has 5 heteroatoms. The molecule has 1 rings (SSSR count). The minimum Gasteiger partial charge on any atom is -0.476 e. The van der Waals surface area contributed by atoms with Crippen molar-refractivity contribution in [2.24, 2.45) is 5.16 Å². The lowest BCUT2D eigenvalue weighted by Crippen LogP contribution is -2.22. The van der Waals surface area contributed by atoms with Crippen LogP contribution < -0.4 is 0 Å². The maximum atomic E-state index is 10.8. The second-order valence-corrected chi connectivity index (χ2v) is 3.31. The van der Waals surface area contributed by atoms with Gasteiger partial charge in [-0.2, -0.15) is 0 Å². The molecule has 1 fully saturated rings. The van der Waals surface area contributed by atoms with Gasteiger partial charge in [-0.05, 0) is 25.7 Å². The molecule has 78 valence electrons. The smallest absolute Gasteiger partial charge is 0.361 e. The fourth-order valence-corrected chi connectivity index (χ4v) is 1.37. The lowest BCUT2D eigenvalue weighted by molar-refractivity contribution is -0.130. The standard InChI is InChI=1S/C9H13NO4/c1-6(11)8(9(12)13)10-14-7-4-2-3-5-7/h7H,2-5H2,1H3,(H,12,13)/b10-8-. The summed E-state index contributed by atoms with van der Waals surface area (Å²) in [6.07, 6.45) is 3.89. The number of hydrogen-bond acceptors (Lipinski definition) is 4. The number of aliphatic carboxylic acids is 1. The molecule has 0 saturated heterocycles. The number of carboxylic acids is 1. The summed E-state index contributed by atoms with van der Waals surface area (Å²) < 4.78 is 0. The van der Waals surface area contributed by atoms with Crippen molar-refractivity contribution in [2.45, 2.75) is 38.7 Å². The Kier molecular flexibility index (Phi) is 3.62. The number of hydrogen-bond donors (Lipinski definition) is 1. The van der Waals surface area contributed by atoms with Crippen molar-refractivity contribution in [3.8, 4) is 0 Å². The Morgan fingerprint density at radius 2 is 1.93 bits per heavy atom. The maximum absolute atomic E-state index is 10.8. The average molecular weight is 199 g/mol. The fourth-order valence-electron chi connectivity index (χ4n) is 1.37. The highest BCUT2D eigenvalue weighted by atomic mass is 16.6. The zero-order valence-corrected chi connectivity index (χ0v) is 8.02. The highest BCUT2D eigenvalue weighted by Gasteiger charge is 2.20. The zero-order valence-electron chi connectivity index (χ0n) is 8.02. The Morgan fingerprint density at radius 3 is 2.36 bits per heavy atom. The maximum Gasteiger partial charge on any atom is 0.361 e. The second kappa shape index (κ2) is 4.74. The van der Waals surface area contributed by atoms with Gasteiger partial charge in [0.1, 0.15) is 6.10 Å². The Hall–Kier alpha value is -1.39. The largest absolute Gasteiger partial charge is 0.476 e. The zero-order chi connectivity index (χ0) is 10.6. The third-order valence-corrected chi connectivity index (χ3v) is 2.13. The number of carboxylic acid groups (broad SMARTS) is 1. The molecule has 0 atom stereocenters. The molecule has 5 nitrogen and oxygen atoms in total. The molecular formula is C9H13NO4. The Bertz CT molecular complexity index is 250. The van der Waals surface area contributed by atoms with Crippen molar-refractivity contribution in [3.05, 3.63) is 0 Å². The van der Waals surface area contributed by atoms with Crippen molar-refractivity contribution in [3.63, 3.8) is 0 Å². The molecule has 0 bridgehead atoms. The van der Waals surface area contributed by atoms with Crippen LogP contribution in [0.25, 0.3) is 0 Å². The predicted molar refractivity (Wildman–Crippen MR) is 49.1 cm³/mol. The number of carbonyl (C=O) groups excluding carboxylic acids is 1. The van der Waals surface area contributed by atoms with E-state index in [1.807, 2.05) is 0 Å². The molecule has 0 aromatic heterocycles. The van der Waals surface area contributed by atoms with Gasteiger partial charge in [0.25, 0.3) is 0 Å². The van der Waals surface area contributed by atoms with E-state index in [1.54, 1.807) is 0 Å². The van der Waals surface area contributed by atoms with Gasteiger partial charge < -0.3 is 9.94 Å². The summed E-state index contributed by atoms with van der Waals surface area (Å²) in [6.45, 7) is 1.16. The van der Waals surface area contributed by atoms with Gasteiger partial charge in [0.15, 0.2) is 5.78 Å². The van der Waals surface area contributed by atoms with Crippen LogP contribution in [0.5, 0.6) is 0 Å². The minimum atomic E-state index is -1.34. The average Bonchev–Trinajstić information content (AvgIpc) is 2.55. The van der Waals surface area contributed by atoms with Crippen LogP contribution in [0.4, 0.5) is 0 Å². The monoisotopic (exact) mass is 199 g/mol. The molecule has 0 amide bonds. The van der Waals surface area contributed by atoms with Gasteiger partial charge >= 0.3 is 5.97 Å². The van der Waals surface area contributed by atoms with Crippen molar-refractivity contribution in [1.82, 2.24) is 0 Å². The first-order valence-corrected chi connectivity index (χ1v) is 4.59. The second-order valence-electron chi connectivity index (χ2n) is 3.31. The molecule has 0 aromatic rings. The lowest BCUT2D eigenvalue weighted by Gasteiger charge is -2.06. The summed E-state index contributed by atoms with van der Waals surface area (Å²) in [5.41, 5.74) is -0.531. The van der Waals surface area contributed by atoms with Crippen LogP contribution in [0.3, 0.4) is 0 Å². The van der Waals surface area contributed by atoms with Crippen LogP contribution in [-0.4, -0.2) is 28.7 Å². The quantitative estimate of drug-likeness (QED) is 0.416. The van der Waals surface area contributed by atoms with E-state index in [-0.39, 0.29) is 6.10 Å². The van der Waals surface area contributed by atoms with Gasteiger partial charge in [-0.1, -0.05) is 5.16 Å². The Morgan fingerprint density at radius 1 is 1.36 bits per heavy atom. The van der Waals surface area contributed by atoms with E-state index in [1.165, 1.54) is 0 Å². The number of rotatable bonds is 4. The van der Waals surface area contributed by atoms with Crippen LogP contribution in [-0.2, 0) is 14.4 Å². The molecule has 0 heterocycles. The minimum absolute atomic E-state index is 0.0244. The van der Waals surface area contributed by atoms with Gasteiger partial charge in [-0.25, -0.2) is 4.79 Å². The van der Waals surface area contributed by atoms with Gasteiger partial charge in [-0.15, -0.1) is 0 Å². The van der Waals surface area contributed by atoms with Crippen LogP contribution in [0, 0.1) is 0 Å².